The Hall–Kier alpha value is -3.08. The molecule has 0 saturated carbocycles. The van der Waals surface area contributed by atoms with Crippen LogP contribution in [0.15, 0.2) is 71.0 Å². The topological polar surface area (TPSA) is 81.7 Å². The highest BCUT2D eigenvalue weighted by atomic mass is 15.3. The first kappa shape index (κ1) is 13.9. The monoisotopic (exact) mass is 291 g/mol. The maximum Gasteiger partial charge on any atom is 0.211 e. The number of aromatic nitrogens is 1. The molecule has 1 aromatic heterocycles. The minimum atomic E-state index is -0.0497. The number of rotatable bonds is 4. The molecule has 22 heavy (non-hydrogen) atoms. The first-order valence-corrected chi connectivity index (χ1v) is 6.97. The molecule has 0 bridgehead atoms. The van der Waals surface area contributed by atoms with E-state index in [1.165, 1.54) is 11.1 Å². The molecule has 5 heteroatoms. The number of benzene rings is 2. The van der Waals surface area contributed by atoms with Gasteiger partial charge in [0, 0.05) is 23.6 Å². The molecule has 2 aromatic carbocycles. The van der Waals surface area contributed by atoms with Gasteiger partial charge in [0.05, 0.1) is 6.21 Å². The van der Waals surface area contributed by atoms with Gasteiger partial charge in [0.1, 0.15) is 0 Å². The molecule has 0 aliphatic rings. The molecule has 3 aromatic rings. The van der Waals surface area contributed by atoms with Gasteiger partial charge in [-0.05, 0) is 29.3 Å². The van der Waals surface area contributed by atoms with Gasteiger partial charge in [-0.25, -0.2) is 0 Å². The Morgan fingerprint density at radius 3 is 2.64 bits per heavy atom. The molecular formula is C17H17N5. The van der Waals surface area contributed by atoms with Crippen LogP contribution in [0.4, 0.5) is 0 Å². The van der Waals surface area contributed by atoms with Crippen molar-refractivity contribution in [2.45, 2.75) is 6.54 Å². The fraction of sp³-hybridized carbons (Fsp3) is 0.0588. The minimum Gasteiger partial charge on any atom is -0.369 e. The van der Waals surface area contributed by atoms with E-state index >= 15 is 0 Å². The largest absolute Gasteiger partial charge is 0.369 e. The van der Waals surface area contributed by atoms with Gasteiger partial charge in [0.2, 0.25) is 5.96 Å². The standard InChI is InChI=1S/C17H17N5/c18-17(19)21-20-11-14-6-7-16-15(10-14)8-9-22(16)12-13-4-2-1-3-5-13/h1-11H,12H2,(H4,18,19,21). The van der Waals surface area contributed by atoms with E-state index < -0.39 is 0 Å². The maximum atomic E-state index is 5.23. The average molecular weight is 291 g/mol. The van der Waals surface area contributed by atoms with Gasteiger partial charge >= 0.3 is 0 Å². The molecule has 0 atom stereocenters. The third kappa shape index (κ3) is 3.15. The zero-order chi connectivity index (χ0) is 15.4. The Labute approximate surface area is 128 Å². The van der Waals surface area contributed by atoms with E-state index in [-0.39, 0.29) is 5.96 Å². The van der Waals surface area contributed by atoms with E-state index in [0.717, 1.165) is 17.5 Å². The molecule has 3 rings (SSSR count). The Morgan fingerprint density at radius 1 is 1.05 bits per heavy atom. The normalized spacial score (nSPS) is 11.1. The van der Waals surface area contributed by atoms with Gasteiger partial charge in [-0.15, -0.1) is 5.10 Å². The van der Waals surface area contributed by atoms with Crippen LogP contribution in [0.25, 0.3) is 10.9 Å². The van der Waals surface area contributed by atoms with Crippen LogP contribution in [-0.4, -0.2) is 16.7 Å². The molecule has 0 unspecified atom stereocenters. The van der Waals surface area contributed by atoms with Gasteiger partial charge in [0.25, 0.3) is 0 Å². The number of nitrogens with zero attached hydrogens (tertiary/aromatic N) is 3. The summed E-state index contributed by atoms with van der Waals surface area (Å²) < 4.78 is 2.22. The lowest BCUT2D eigenvalue weighted by Crippen LogP contribution is -2.21. The van der Waals surface area contributed by atoms with Gasteiger partial charge in [-0.3, -0.25) is 0 Å². The van der Waals surface area contributed by atoms with Crippen molar-refractivity contribution in [2.24, 2.45) is 21.7 Å². The van der Waals surface area contributed by atoms with Crippen LogP contribution in [-0.2, 0) is 6.54 Å². The molecule has 0 aliphatic carbocycles. The highest BCUT2D eigenvalue weighted by Gasteiger charge is 2.02. The van der Waals surface area contributed by atoms with E-state index in [2.05, 4.69) is 63.4 Å². The van der Waals surface area contributed by atoms with Crippen molar-refractivity contribution >= 4 is 23.1 Å². The van der Waals surface area contributed by atoms with Crippen molar-refractivity contribution in [3.05, 3.63) is 71.9 Å². The van der Waals surface area contributed by atoms with Crippen molar-refractivity contribution in [3.8, 4) is 0 Å². The Bertz CT molecular complexity index is 827. The fourth-order valence-electron chi connectivity index (χ4n) is 2.38. The Morgan fingerprint density at radius 2 is 1.86 bits per heavy atom. The van der Waals surface area contributed by atoms with Gasteiger partial charge in [0.15, 0.2) is 0 Å². The molecule has 0 fully saturated rings. The van der Waals surface area contributed by atoms with Crippen LogP contribution in [0.5, 0.6) is 0 Å². The molecule has 0 saturated heterocycles. The average Bonchev–Trinajstić information content (AvgIpc) is 2.90. The Kier molecular flexibility index (Phi) is 3.87. The Balaban J connectivity index is 1.86. The first-order valence-electron chi connectivity index (χ1n) is 6.97. The lowest BCUT2D eigenvalue weighted by atomic mass is 10.1. The summed E-state index contributed by atoms with van der Waals surface area (Å²) in [5.41, 5.74) is 13.9. The second-order valence-electron chi connectivity index (χ2n) is 5.02. The second-order valence-corrected chi connectivity index (χ2v) is 5.02. The van der Waals surface area contributed by atoms with Gasteiger partial charge in [-0.1, -0.05) is 36.4 Å². The van der Waals surface area contributed by atoms with Crippen LogP contribution in [0.3, 0.4) is 0 Å². The van der Waals surface area contributed by atoms with Crippen LogP contribution < -0.4 is 11.5 Å². The van der Waals surface area contributed by atoms with Gasteiger partial charge in [-0.2, -0.15) is 5.10 Å². The highest BCUT2D eigenvalue weighted by molar-refractivity contribution is 5.89. The van der Waals surface area contributed by atoms with Crippen molar-refractivity contribution in [2.75, 3.05) is 0 Å². The zero-order valence-electron chi connectivity index (χ0n) is 12.1. The van der Waals surface area contributed by atoms with Crippen molar-refractivity contribution in [1.29, 1.82) is 0 Å². The highest BCUT2D eigenvalue weighted by Crippen LogP contribution is 2.18. The second kappa shape index (κ2) is 6.13. The van der Waals surface area contributed by atoms with Crippen molar-refractivity contribution < 1.29 is 0 Å². The lowest BCUT2D eigenvalue weighted by molar-refractivity contribution is 0.837. The van der Waals surface area contributed by atoms with Crippen molar-refractivity contribution in [3.63, 3.8) is 0 Å². The molecule has 0 spiro atoms. The number of hydrogen-bond acceptors (Lipinski definition) is 2. The molecule has 4 N–H and O–H groups in total. The molecule has 110 valence electrons. The fourth-order valence-corrected chi connectivity index (χ4v) is 2.38. The predicted octanol–water partition coefficient (Wildman–Crippen LogP) is 2.30. The summed E-state index contributed by atoms with van der Waals surface area (Å²) >= 11 is 0. The number of fused-ring (bicyclic) bond motifs is 1. The van der Waals surface area contributed by atoms with Crippen LogP contribution in [0, 0.1) is 0 Å². The van der Waals surface area contributed by atoms with E-state index in [0.29, 0.717) is 0 Å². The molecule has 5 nitrogen and oxygen atoms in total. The molecular weight excluding hydrogens is 274 g/mol. The third-order valence-corrected chi connectivity index (χ3v) is 3.37. The van der Waals surface area contributed by atoms with Crippen LogP contribution >= 0.6 is 0 Å². The summed E-state index contributed by atoms with van der Waals surface area (Å²) in [6, 6.07) is 18.6. The zero-order valence-corrected chi connectivity index (χ0v) is 12.1. The molecule has 0 radical (unpaired) electrons. The first-order chi connectivity index (χ1) is 10.7. The molecule has 0 aliphatic heterocycles. The maximum absolute atomic E-state index is 5.23. The molecule has 0 amide bonds. The van der Waals surface area contributed by atoms with Crippen LogP contribution in [0.2, 0.25) is 0 Å². The van der Waals surface area contributed by atoms with Gasteiger partial charge < -0.3 is 16.0 Å². The summed E-state index contributed by atoms with van der Waals surface area (Å²) in [7, 11) is 0. The van der Waals surface area contributed by atoms with E-state index in [9.17, 15) is 0 Å². The van der Waals surface area contributed by atoms with E-state index in [1.54, 1.807) is 6.21 Å². The smallest absolute Gasteiger partial charge is 0.211 e. The number of nitrogens with two attached hydrogens (primary N) is 2. The number of hydrogen-bond donors (Lipinski definition) is 2. The summed E-state index contributed by atoms with van der Waals surface area (Å²) in [5, 5.41) is 8.58. The summed E-state index contributed by atoms with van der Waals surface area (Å²) in [6.45, 7) is 0.853. The predicted molar refractivity (Wildman–Crippen MR) is 90.9 cm³/mol. The summed E-state index contributed by atoms with van der Waals surface area (Å²) in [4.78, 5) is 0. The van der Waals surface area contributed by atoms with Crippen LogP contribution in [0.1, 0.15) is 11.1 Å². The summed E-state index contributed by atoms with van der Waals surface area (Å²) in [5.74, 6) is -0.0497. The lowest BCUT2D eigenvalue weighted by Gasteiger charge is -2.05. The molecule has 1 heterocycles. The summed E-state index contributed by atoms with van der Waals surface area (Å²) in [6.07, 6.45) is 3.72. The SMILES string of the molecule is NC(N)=NN=Cc1ccc2c(ccn2Cc2ccccc2)c1. The third-order valence-electron chi connectivity index (χ3n) is 3.37. The van der Waals surface area contributed by atoms with Crippen molar-refractivity contribution in [1.82, 2.24) is 4.57 Å². The van der Waals surface area contributed by atoms with E-state index in [4.69, 9.17) is 11.5 Å². The minimum absolute atomic E-state index is 0.0497. The quantitative estimate of drug-likeness (QED) is 0.439. The van der Waals surface area contributed by atoms with E-state index in [1.807, 2.05) is 12.1 Å². The number of guanidine groups is 1.